The Balaban J connectivity index is 1.74. The van der Waals surface area contributed by atoms with Crippen LogP contribution in [0, 0.1) is 5.82 Å². The van der Waals surface area contributed by atoms with E-state index >= 15 is 0 Å². The van der Waals surface area contributed by atoms with Crippen molar-refractivity contribution in [1.29, 1.82) is 0 Å². The summed E-state index contributed by atoms with van der Waals surface area (Å²) in [7, 11) is 1.49. The molecule has 0 bridgehead atoms. The third kappa shape index (κ3) is 3.35. The zero-order chi connectivity index (χ0) is 20.5. The highest BCUT2D eigenvalue weighted by atomic mass is 19.1. The van der Waals surface area contributed by atoms with Crippen molar-refractivity contribution in [2.75, 3.05) is 6.61 Å². The smallest absolute Gasteiger partial charge is 0.417 e. The third-order valence-electron chi connectivity index (χ3n) is 5.07. The van der Waals surface area contributed by atoms with Crippen LogP contribution in [0.25, 0.3) is 11.1 Å². The molecule has 2 amide bonds. The molecule has 148 valence electrons. The van der Waals surface area contributed by atoms with Gasteiger partial charge in [0.05, 0.1) is 6.04 Å². The fraction of sp³-hybridized carbons (Fsp3) is 0.182. The third-order valence-corrected chi connectivity index (χ3v) is 5.07. The van der Waals surface area contributed by atoms with Gasteiger partial charge in [0.25, 0.3) is 5.91 Å². The lowest BCUT2D eigenvalue weighted by atomic mass is 10.0. The van der Waals surface area contributed by atoms with Gasteiger partial charge in [-0.25, -0.2) is 14.1 Å². The molecule has 0 radical (unpaired) electrons. The molecule has 0 unspecified atom stereocenters. The van der Waals surface area contributed by atoms with Gasteiger partial charge in [-0.05, 0) is 18.1 Å². The van der Waals surface area contributed by atoms with E-state index in [1.807, 2.05) is 30.3 Å². The molecule has 1 saturated heterocycles. The maximum Gasteiger partial charge on any atom is 0.417 e. The van der Waals surface area contributed by atoms with Crippen LogP contribution in [0.15, 0.2) is 60.7 Å². The van der Waals surface area contributed by atoms with Crippen LogP contribution in [0.2, 0.25) is 0 Å². The van der Waals surface area contributed by atoms with Gasteiger partial charge in [-0.1, -0.05) is 48.5 Å². The molecule has 0 aliphatic carbocycles. The molecular formula is C22H19FN2O4. The van der Waals surface area contributed by atoms with Gasteiger partial charge in [0.2, 0.25) is 0 Å². The van der Waals surface area contributed by atoms with Gasteiger partial charge in [-0.15, -0.1) is 0 Å². The summed E-state index contributed by atoms with van der Waals surface area (Å²) in [4.78, 5) is 26.8. The van der Waals surface area contributed by atoms with Gasteiger partial charge >= 0.3 is 6.09 Å². The molecule has 1 aliphatic rings. The van der Waals surface area contributed by atoms with Crippen molar-refractivity contribution in [3.63, 3.8) is 0 Å². The maximum atomic E-state index is 14.4. The lowest BCUT2D eigenvalue weighted by Crippen LogP contribution is -2.41. The minimum Gasteiger partial charge on any atom is -0.494 e. The second kappa shape index (κ2) is 7.43. The Bertz CT molecular complexity index is 1080. The lowest BCUT2D eigenvalue weighted by molar-refractivity contribution is 0.0765. The summed E-state index contributed by atoms with van der Waals surface area (Å²) in [5.74, 6) is -1.38. The summed E-state index contributed by atoms with van der Waals surface area (Å²) in [6.07, 6.45) is -0.319. The van der Waals surface area contributed by atoms with Crippen LogP contribution in [0.1, 0.15) is 16.1 Å². The molecule has 1 aromatic heterocycles. The summed E-state index contributed by atoms with van der Waals surface area (Å²) in [5, 5.41) is 10.2. The van der Waals surface area contributed by atoms with E-state index in [0.717, 1.165) is 10.5 Å². The Morgan fingerprint density at radius 2 is 1.83 bits per heavy atom. The number of ether oxygens (including phenoxy) is 1. The number of halogens is 1. The average molecular weight is 394 g/mol. The first-order valence-electron chi connectivity index (χ1n) is 9.15. The Kier molecular flexibility index (Phi) is 4.80. The summed E-state index contributed by atoms with van der Waals surface area (Å²) in [6, 6.07) is 16.2. The topological polar surface area (TPSA) is 71.8 Å². The van der Waals surface area contributed by atoms with E-state index in [4.69, 9.17) is 4.74 Å². The number of imide groups is 1. The van der Waals surface area contributed by atoms with Crippen molar-refractivity contribution >= 4 is 12.0 Å². The summed E-state index contributed by atoms with van der Waals surface area (Å²) >= 11 is 0. The van der Waals surface area contributed by atoms with Crippen LogP contribution in [-0.2, 0) is 18.2 Å². The van der Waals surface area contributed by atoms with E-state index in [2.05, 4.69) is 0 Å². The summed E-state index contributed by atoms with van der Waals surface area (Å²) in [6.45, 7) is 0.0743. The Morgan fingerprint density at radius 3 is 2.55 bits per heavy atom. The molecule has 3 aromatic rings. The largest absolute Gasteiger partial charge is 0.494 e. The van der Waals surface area contributed by atoms with Gasteiger partial charge in [-0.3, -0.25) is 4.79 Å². The van der Waals surface area contributed by atoms with Crippen molar-refractivity contribution in [1.82, 2.24) is 9.47 Å². The van der Waals surface area contributed by atoms with Gasteiger partial charge in [0.1, 0.15) is 18.1 Å². The highest BCUT2D eigenvalue weighted by Crippen LogP contribution is 2.34. The zero-order valence-electron chi connectivity index (χ0n) is 15.7. The predicted octanol–water partition coefficient (Wildman–Crippen LogP) is 3.74. The highest BCUT2D eigenvalue weighted by Gasteiger charge is 2.40. The number of benzene rings is 2. The number of carbonyl (C=O) groups is 2. The maximum absolute atomic E-state index is 14.4. The monoisotopic (exact) mass is 394 g/mol. The second-order valence-electron chi connectivity index (χ2n) is 6.90. The van der Waals surface area contributed by atoms with Crippen molar-refractivity contribution in [2.24, 2.45) is 7.05 Å². The minimum atomic E-state index is -0.754. The minimum absolute atomic E-state index is 0.0181. The zero-order valence-corrected chi connectivity index (χ0v) is 15.7. The van der Waals surface area contributed by atoms with Crippen LogP contribution in [0.3, 0.4) is 0 Å². The van der Waals surface area contributed by atoms with Crippen LogP contribution in [-0.4, -0.2) is 39.2 Å². The van der Waals surface area contributed by atoms with E-state index in [9.17, 15) is 19.1 Å². The van der Waals surface area contributed by atoms with Crippen molar-refractivity contribution in [3.05, 3.63) is 77.7 Å². The fourth-order valence-corrected chi connectivity index (χ4v) is 3.59. The van der Waals surface area contributed by atoms with Crippen LogP contribution in [0.5, 0.6) is 5.88 Å². The molecule has 6 nitrogen and oxygen atoms in total. The van der Waals surface area contributed by atoms with Crippen molar-refractivity contribution < 1.29 is 23.8 Å². The SMILES string of the molecule is Cn1c(O)cc(-c2ccccc2F)c1C(=O)N1C(=O)OC[C@@H]1Cc1ccccc1. The number of aromatic hydroxyl groups is 1. The lowest BCUT2D eigenvalue weighted by Gasteiger charge is -2.21. The summed E-state index contributed by atoms with van der Waals surface area (Å²) in [5.41, 5.74) is 1.35. The van der Waals surface area contributed by atoms with E-state index in [0.29, 0.717) is 6.42 Å². The molecule has 0 saturated carbocycles. The molecule has 1 aliphatic heterocycles. The molecule has 4 rings (SSSR count). The van der Waals surface area contributed by atoms with Crippen LogP contribution in [0.4, 0.5) is 9.18 Å². The van der Waals surface area contributed by atoms with Crippen molar-refractivity contribution in [3.8, 4) is 17.0 Å². The van der Waals surface area contributed by atoms with E-state index in [-0.39, 0.29) is 29.3 Å². The van der Waals surface area contributed by atoms with E-state index < -0.39 is 23.9 Å². The molecule has 1 atom stereocenters. The number of cyclic esters (lactones) is 1. The predicted molar refractivity (Wildman–Crippen MR) is 104 cm³/mol. The Labute approximate surface area is 166 Å². The fourth-order valence-electron chi connectivity index (χ4n) is 3.59. The normalized spacial score (nSPS) is 16.1. The first-order chi connectivity index (χ1) is 14.0. The van der Waals surface area contributed by atoms with Gasteiger partial charge in [0.15, 0.2) is 5.88 Å². The number of hydrogen-bond acceptors (Lipinski definition) is 4. The van der Waals surface area contributed by atoms with Crippen molar-refractivity contribution in [2.45, 2.75) is 12.5 Å². The summed E-state index contributed by atoms with van der Waals surface area (Å²) < 4.78 is 20.7. The average Bonchev–Trinajstić information content (AvgIpc) is 3.22. The molecule has 2 aromatic carbocycles. The van der Waals surface area contributed by atoms with E-state index in [1.54, 1.807) is 6.07 Å². The number of rotatable bonds is 4. The Morgan fingerprint density at radius 1 is 1.14 bits per heavy atom. The van der Waals surface area contributed by atoms with Crippen LogP contribution >= 0.6 is 0 Å². The van der Waals surface area contributed by atoms with Gasteiger partial charge in [0, 0.05) is 24.2 Å². The Hall–Kier alpha value is -3.61. The van der Waals surface area contributed by atoms with E-state index in [1.165, 1.54) is 35.9 Å². The molecule has 2 heterocycles. The number of aromatic nitrogens is 1. The number of nitrogens with zero attached hydrogens (tertiary/aromatic N) is 2. The highest BCUT2D eigenvalue weighted by molar-refractivity contribution is 6.07. The first-order valence-corrected chi connectivity index (χ1v) is 9.15. The quantitative estimate of drug-likeness (QED) is 0.732. The molecule has 1 fully saturated rings. The van der Waals surface area contributed by atoms with Crippen LogP contribution < -0.4 is 0 Å². The molecular weight excluding hydrogens is 375 g/mol. The first kappa shape index (κ1) is 18.7. The number of carbonyl (C=O) groups excluding carboxylic acids is 2. The van der Waals surface area contributed by atoms with Gasteiger partial charge in [-0.2, -0.15) is 0 Å². The molecule has 1 N–H and O–H groups in total. The standard InChI is InChI=1S/C22H19FN2O4/c1-24-19(26)12-17(16-9-5-6-10-18(16)23)20(24)21(27)25-15(13-29-22(25)28)11-14-7-3-2-4-8-14/h2-10,12,15,26H,11,13H2,1H3/t15-/m0/s1. The molecule has 7 heteroatoms. The van der Waals surface area contributed by atoms with Gasteiger partial charge < -0.3 is 14.4 Å². The second-order valence-corrected chi connectivity index (χ2v) is 6.90. The number of hydrogen-bond donors (Lipinski definition) is 1. The molecule has 0 spiro atoms. The molecule has 29 heavy (non-hydrogen) atoms. The number of amides is 2.